The summed E-state index contributed by atoms with van der Waals surface area (Å²) < 4.78 is 18.7. The molecule has 136 valence electrons. The third-order valence-corrected chi connectivity index (χ3v) is 5.56. The van der Waals surface area contributed by atoms with E-state index in [0.717, 1.165) is 38.9 Å². The highest BCUT2D eigenvalue weighted by Crippen LogP contribution is 2.32. The number of ether oxygens (including phenoxy) is 1. The van der Waals surface area contributed by atoms with Gasteiger partial charge in [0, 0.05) is 38.7 Å². The molecule has 5 nitrogen and oxygen atoms in total. The lowest BCUT2D eigenvalue weighted by atomic mass is 9.84. The van der Waals surface area contributed by atoms with Crippen LogP contribution in [-0.4, -0.2) is 54.9 Å². The molecule has 2 aliphatic heterocycles. The number of piperidine rings is 1. The number of halogens is 1. The minimum atomic E-state index is -0.513. The van der Waals surface area contributed by atoms with Crippen LogP contribution >= 0.6 is 0 Å². The average Bonchev–Trinajstić information content (AvgIpc) is 3.11. The summed E-state index contributed by atoms with van der Waals surface area (Å²) in [5.74, 6) is 0.685. The second-order valence-electron chi connectivity index (χ2n) is 6.99. The first-order valence-corrected chi connectivity index (χ1v) is 8.88. The second kappa shape index (κ2) is 7.42. The van der Waals surface area contributed by atoms with Crippen molar-refractivity contribution in [3.63, 3.8) is 0 Å². The van der Waals surface area contributed by atoms with Gasteiger partial charge in [-0.2, -0.15) is 0 Å². The standard InChI is InChI=1S/C19H25FN2O3/c1-13(23)21-8-5-14(6-9-21)16-7-10-22(12-16)19(24)15-3-4-18(25-2)17(20)11-15/h3-4,11,14,16H,5-10,12H2,1-2H3. The molecule has 25 heavy (non-hydrogen) atoms. The highest BCUT2D eigenvalue weighted by atomic mass is 19.1. The van der Waals surface area contributed by atoms with E-state index in [1.165, 1.54) is 19.2 Å². The van der Waals surface area contributed by atoms with Crippen molar-refractivity contribution in [2.24, 2.45) is 11.8 Å². The van der Waals surface area contributed by atoms with Gasteiger partial charge in [-0.15, -0.1) is 0 Å². The van der Waals surface area contributed by atoms with E-state index in [0.29, 0.717) is 23.9 Å². The number of nitrogens with zero attached hydrogens (tertiary/aromatic N) is 2. The number of carbonyl (C=O) groups is 2. The third-order valence-electron chi connectivity index (χ3n) is 5.56. The zero-order valence-corrected chi connectivity index (χ0v) is 14.8. The van der Waals surface area contributed by atoms with Gasteiger partial charge in [0.1, 0.15) is 0 Å². The molecule has 0 aromatic heterocycles. The summed E-state index contributed by atoms with van der Waals surface area (Å²) in [5, 5.41) is 0. The van der Waals surface area contributed by atoms with Gasteiger partial charge < -0.3 is 14.5 Å². The summed E-state index contributed by atoms with van der Waals surface area (Å²) >= 11 is 0. The molecule has 2 amide bonds. The molecule has 3 rings (SSSR count). The van der Waals surface area contributed by atoms with Crippen LogP contribution in [0.3, 0.4) is 0 Å². The van der Waals surface area contributed by atoms with Crippen molar-refractivity contribution >= 4 is 11.8 Å². The Balaban J connectivity index is 1.58. The van der Waals surface area contributed by atoms with Crippen molar-refractivity contribution in [2.75, 3.05) is 33.3 Å². The molecular weight excluding hydrogens is 323 g/mol. The van der Waals surface area contributed by atoms with E-state index in [9.17, 15) is 14.0 Å². The van der Waals surface area contributed by atoms with Crippen LogP contribution in [0.25, 0.3) is 0 Å². The van der Waals surface area contributed by atoms with E-state index >= 15 is 0 Å². The number of methoxy groups -OCH3 is 1. The summed E-state index contributed by atoms with van der Waals surface area (Å²) in [7, 11) is 1.41. The van der Waals surface area contributed by atoms with Crippen LogP contribution in [0.4, 0.5) is 4.39 Å². The lowest BCUT2D eigenvalue weighted by Crippen LogP contribution is -2.39. The number of amides is 2. The molecule has 2 heterocycles. The number of benzene rings is 1. The summed E-state index contributed by atoms with van der Waals surface area (Å²) in [6.45, 7) is 4.67. The molecule has 0 saturated carbocycles. The number of likely N-dealkylation sites (tertiary alicyclic amines) is 2. The first-order chi connectivity index (χ1) is 12.0. The molecule has 0 N–H and O–H groups in total. The molecule has 0 aliphatic carbocycles. The van der Waals surface area contributed by atoms with Gasteiger partial charge in [0.05, 0.1) is 7.11 Å². The van der Waals surface area contributed by atoms with Gasteiger partial charge in [-0.3, -0.25) is 9.59 Å². The first-order valence-electron chi connectivity index (χ1n) is 8.88. The van der Waals surface area contributed by atoms with E-state index < -0.39 is 5.82 Å². The Morgan fingerprint density at radius 1 is 1.08 bits per heavy atom. The van der Waals surface area contributed by atoms with Gasteiger partial charge in [-0.25, -0.2) is 4.39 Å². The van der Waals surface area contributed by atoms with Gasteiger partial charge in [-0.05, 0) is 49.3 Å². The molecule has 1 aromatic rings. The highest BCUT2D eigenvalue weighted by molar-refractivity contribution is 5.94. The van der Waals surface area contributed by atoms with Crippen molar-refractivity contribution in [1.29, 1.82) is 0 Å². The molecule has 1 aromatic carbocycles. The summed E-state index contributed by atoms with van der Waals surface area (Å²) in [6.07, 6.45) is 2.99. The molecule has 2 saturated heterocycles. The van der Waals surface area contributed by atoms with E-state index in [1.807, 2.05) is 9.80 Å². The van der Waals surface area contributed by atoms with Crippen LogP contribution < -0.4 is 4.74 Å². The van der Waals surface area contributed by atoms with E-state index in [2.05, 4.69) is 0 Å². The Kier molecular flexibility index (Phi) is 5.25. The monoisotopic (exact) mass is 348 g/mol. The normalized spacial score (nSPS) is 21.5. The minimum absolute atomic E-state index is 0.120. The molecule has 2 fully saturated rings. The van der Waals surface area contributed by atoms with Gasteiger partial charge >= 0.3 is 0 Å². The Bertz CT molecular complexity index is 656. The van der Waals surface area contributed by atoms with E-state index in [1.54, 1.807) is 13.0 Å². The maximum Gasteiger partial charge on any atom is 0.253 e. The second-order valence-corrected chi connectivity index (χ2v) is 6.99. The molecule has 0 radical (unpaired) electrons. The molecule has 0 spiro atoms. The van der Waals surface area contributed by atoms with Crippen molar-refractivity contribution in [1.82, 2.24) is 9.80 Å². The fraction of sp³-hybridized carbons (Fsp3) is 0.579. The topological polar surface area (TPSA) is 49.9 Å². The van der Waals surface area contributed by atoms with Crippen LogP contribution in [0.1, 0.15) is 36.5 Å². The molecule has 6 heteroatoms. The van der Waals surface area contributed by atoms with Gasteiger partial charge in [-0.1, -0.05) is 0 Å². The largest absolute Gasteiger partial charge is 0.494 e. The average molecular weight is 348 g/mol. The van der Waals surface area contributed by atoms with Crippen LogP contribution in [0.5, 0.6) is 5.75 Å². The van der Waals surface area contributed by atoms with E-state index in [-0.39, 0.29) is 17.6 Å². The number of carbonyl (C=O) groups excluding carboxylic acids is 2. The minimum Gasteiger partial charge on any atom is -0.494 e. The number of hydrogen-bond acceptors (Lipinski definition) is 3. The van der Waals surface area contributed by atoms with Gasteiger partial charge in [0.2, 0.25) is 5.91 Å². The zero-order chi connectivity index (χ0) is 18.0. The highest BCUT2D eigenvalue weighted by Gasteiger charge is 2.34. The third kappa shape index (κ3) is 3.78. The summed E-state index contributed by atoms with van der Waals surface area (Å²) in [4.78, 5) is 27.8. The van der Waals surface area contributed by atoms with Crippen molar-refractivity contribution in [2.45, 2.75) is 26.2 Å². The van der Waals surface area contributed by atoms with Crippen LogP contribution in [0.15, 0.2) is 18.2 Å². The maximum absolute atomic E-state index is 13.8. The summed E-state index contributed by atoms with van der Waals surface area (Å²) in [6, 6.07) is 4.36. The van der Waals surface area contributed by atoms with Gasteiger partial charge in [0.15, 0.2) is 11.6 Å². The van der Waals surface area contributed by atoms with Crippen LogP contribution in [-0.2, 0) is 4.79 Å². The summed E-state index contributed by atoms with van der Waals surface area (Å²) in [5.41, 5.74) is 0.366. The quantitative estimate of drug-likeness (QED) is 0.843. The fourth-order valence-corrected chi connectivity index (χ4v) is 4.02. The molecule has 2 aliphatic rings. The number of hydrogen-bond donors (Lipinski definition) is 0. The van der Waals surface area contributed by atoms with Gasteiger partial charge in [0.25, 0.3) is 5.91 Å². The molecule has 1 unspecified atom stereocenters. The van der Waals surface area contributed by atoms with Crippen molar-refractivity contribution in [3.05, 3.63) is 29.6 Å². The Morgan fingerprint density at radius 2 is 1.72 bits per heavy atom. The predicted molar refractivity (Wildman–Crippen MR) is 91.9 cm³/mol. The molecule has 1 atom stereocenters. The van der Waals surface area contributed by atoms with Crippen molar-refractivity contribution < 1.29 is 18.7 Å². The first kappa shape index (κ1) is 17.7. The SMILES string of the molecule is COc1ccc(C(=O)N2CCC(C3CCN(C(C)=O)CC3)C2)cc1F. The Hall–Kier alpha value is -2.11. The van der Waals surface area contributed by atoms with E-state index in [4.69, 9.17) is 4.74 Å². The maximum atomic E-state index is 13.8. The smallest absolute Gasteiger partial charge is 0.253 e. The predicted octanol–water partition coefficient (Wildman–Crippen LogP) is 2.55. The zero-order valence-electron chi connectivity index (χ0n) is 14.8. The van der Waals surface area contributed by atoms with Crippen LogP contribution in [0, 0.1) is 17.7 Å². The lowest BCUT2D eigenvalue weighted by molar-refractivity contribution is -0.130. The Labute approximate surface area is 147 Å². The van der Waals surface area contributed by atoms with Crippen LogP contribution in [0.2, 0.25) is 0 Å². The Morgan fingerprint density at radius 3 is 2.32 bits per heavy atom. The number of rotatable bonds is 3. The lowest BCUT2D eigenvalue weighted by Gasteiger charge is -2.34. The van der Waals surface area contributed by atoms with Crippen molar-refractivity contribution in [3.8, 4) is 5.75 Å². The molecule has 0 bridgehead atoms. The molecular formula is C19H25FN2O3. The fourth-order valence-electron chi connectivity index (χ4n) is 4.02.